The number of ether oxygens (including phenoxy) is 1. The number of hydrogen-bond donors (Lipinski definition) is 4. The van der Waals surface area contributed by atoms with Crippen molar-refractivity contribution in [1.29, 1.82) is 0 Å². The number of morpholine rings is 1. The van der Waals surface area contributed by atoms with E-state index in [1.165, 1.54) is 49.9 Å². The molecule has 4 aliphatic heterocycles. The van der Waals surface area contributed by atoms with Crippen molar-refractivity contribution >= 4 is 0 Å². The third kappa shape index (κ3) is 3.51. The van der Waals surface area contributed by atoms with Gasteiger partial charge in [0, 0.05) is 41.5 Å². The highest BCUT2D eigenvalue weighted by atomic mass is 16.5. The van der Waals surface area contributed by atoms with Gasteiger partial charge in [-0.2, -0.15) is 0 Å². The quantitative estimate of drug-likeness (QED) is 0.522. The van der Waals surface area contributed by atoms with Gasteiger partial charge in [-0.3, -0.25) is 0 Å². The number of rotatable bonds is 4. The minimum Gasteiger partial charge on any atom is -0.371 e. The molecule has 0 radical (unpaired) electrons. The van der Waals surface area contributed by atoms with Gasteiger partial charge in [0.25, 0.3) is 0 Å². The monoisotopic (exact) mass is 489 g/mol. The lowest BCUT2D eigenvalue weighted by atomic mass is 9.71. The average molecular weight is 490 g/mol. The molecule has 9 atom stereocenters. The second kappa shape index (κ2) is 8.71. The summed E-state index contributed by atoms with van der Waals surface area (Å²) in [6.07, 6.45) is 20.5. The molecule has 0 spiro atoms. The van der Waals surface area contributed by atoms with E-state index in [2.05, 4.69) is 50.2 Å². The van der Waals surface area contributed by atoms with E-state index in [4.69, 9.17) is 14.7 Å². The molecule has 8 rings (SSSR count). The first-order chi connectivity index (χ1) is 17.8. The number of imidazole rings is 2. The number of aromatic amines is 2. The van der Waals surface area contributed by atoms with E-state index in [0.29, 0.717) is 54.1 Å². The molecular formula is C28H39N7O. The third-order valence-electron chi connectivity index (χ3n) is 10.2. The van der Waals surface area contributed by atoms with Gasteiger partial charge >= 0.3 is 0 Å². The van der Waals surface area contributed by atoms with Crippen molar-refractivity contribution in [3.8, 4) is 0 Å². The lowest BCUT2D eigenvalue weighted by molar-refractivity contribution is -0.167. The van der Waals surface area contributed by atoms with Gasteiger partial charge < -0.3 is 30.2 Å². The van der Waals surface area contributed by atoms with Crippen LogP contribution in [0.5, 0.6) is 0 Å². The molecule has 6 heterocycles. The van der Waals surface area contributed by atoms with Crippen LogP contribution < -0.4 is 10.6 Å². The summed E-state index contributed by atoms with van der Waals surface area (Å²) in [7, 11) is 0. The van der Waals surface area contributed by atoms with Crippen LogP contribution in [-0.4, -0.2) is 62.2 Å². The Morgan fingerprint density at radius 1 is 0.806 bits per heavy atom. The van der Waals surface area contributed by atoms with Crippen molar-refractivity contribution in [3.05, 3.63) is 47.7 Å². The topological polar surface area (TPSA) is 93.9 Å². The van der Waals surface area contributed by atoms with E-state index in [0.717, 1.165) is 44.0 Å². The summed E-state index contributed by atoms with van der Waals surface area (Å²) in [6, 6.07) is 1.72. The van der Waals surface area contributed by atoms with Crippen LogP contribution in [0.3, 0.4) is 0 Å². The second-order valence-corrected chi connectivity index (χ2v) is 12.1. The second-order valence-electron chi connectivity index (χ2n) is 12.1. The van der Waals surface area contributed by atoms with Crippen LogP contribution in [0.4, 0.5) is 0 Å². The molecule has 0 bridgehead atoms. The first-order valence-electron chi connectivity index (χ1n) is 14.5. The molecule has 8 nitrogen and oxygen atoms in total. The van der Waals surface area contributed by atoms with Crippen molar-refractivity contribution in [2.45, 2.75) is 106 Å². The van der Waals surface area contributed by atoms with E-state index in [-0.39, 0.29) is 0 Å². The van der Waals surface area contributed by atoms with Gasteiger partial charge in [0.2, 0.25) is 0 Å². The summed E-state index contributed by atoms with van der Waals surface area (Å²) in [5.41, 5.74) is 2.65. The predicted octanol–water partition coefficient (Wildman–Crippen LogP) is 3.78. The fraction of sp³-hybridized carbons (Fsp3) is 0.714. The standard InChI is InChI=1S/C28H39N7O/c1-3-19(29-10-1)27-31-14-21(33-27)16-5-7-24-23(13-16)35-12-9-18-17(6-8-25(36-24)26(18)35)22-15-32-28(34-22)20-4-2-11-30-20/h9,12,14-20,23-26,29-30H,1-8,10-11,13H2,(H,31,33)(H,32,34). The molecule has 8 heteroatoms. The molecule has 5 fully saturated rings. The number of hydrogen-bond acceptors (Lipinski definition) is 6. The van der Waals surface area contributed by atoms with E-state index in [1.807, 2.05) is 0 Å². The van der Waals surface area contributed by atoms with Crippen LogP contribution in [0, 0.1) is 5.92 Å². The van der Waals surface area contributed by atoms with Crippen molar-refractivity contribution in [3.63, 3.8) is 0 Å². The normalized spacial score (nSPS) is 41.6. The fourth-order valence-electron chi connectivity index (χ4n) is 8.36. The van der Waals surface area contributed by atoms with Crippen molar-refractivity contribution in [2.75, 3.05) is 13.1 Å². The Kier molecular flexibility index (Phi) is 5.29. The lowest BCUT2D eigenvalue weighted by Gasteiger charge is -2.54. The zero-order valence-corrected chi connectivity index (χ0v) is 21.0. The Labute approximate surface area is 213 Å². The number of fused-ring (bicyclic) bond motifs is 2. The largest absolute Gasteiger partial charge is 0.371 e. The molecule has 9 unspecified atom stereocenters. The zero-order chi connectivity index (χ0) is 23.6. The Hall–Kier alpha value is -2.16. The Morgan fingerprint density at radius 3 is 2.28 bits per heavy atom. The zero-order valence-electron chi connectivity index (χ0n) is 21.0. The van der Waals surface area contributed by atoms with Crippen LogP contribution in [0.15, 0.2) is 24.7 Å². The molecule has 192 valence electrons. The van der Waals surface area contributed by atoms with Gasteiger partial charge in [-0.25, -0.2) is 9.97 Å². The highest BCUT2D eigenvalue weighted by Gasteiger charge is 2.53. The Balaban J connectivity index is 1.00. The molecule has 2 aromatic rings. The van der Waals surface area contributed by atoms with Gasteiger partial charge in [-0.15, -0.1) is 0 Å². The molecule has 3 saturated heterocycles. The average Bonchev–Trinajstić information content (AvgIpc) is 3.74. The number of H-pyrrole nitrogens is 2. The Bertz CT molecular complexity index is 1110. The van der Waals surface area contributed by atoms with Gasteiger partial charge in [0.1, 0.15) is 11.6 Å². The van der Waals surface area contributed by atoms with Crippen LogP contribution >= 0.6 is 0 Å². The molecule has 0 aromatic carbocycles. The maximum atomic E-state index is 6.86. The molecule has 6 aliphatic rings. The third-order valence-corrected chi connectivity index (χ3v) is 10.2. The maximum absolute atomic E-state index is 6.86. The van der Waals surface area contributed by atoms with E-state index in [1.54, 1.807) is 0 Å². The van der Waals surface area contributed by atoms with Crippen molar-refractivity contribution in [1.82, 2.24) is 35.5 Å². The molecule has 4 N–H and O–H groups in total. The summed E-state index contributed by atoms with van der Waals surface area (Å²) in [6.45, 7) is 2.21. The SMILES string of the molecule is C1=CN2C3CC(c4cnc(C5CCCN5)[nH]4)CCC3OC3CCC(c4cnc(C5CCCN5)[nH]4)C1C32. The summed E-state index contributed by atoms with van der Waals surface area (Å²) >= 11 is 0. The van der Waals surface area contributed by atoms with Crippen LogP contribution in [-0.2, 0) is 4.74 Å². The molecular weight excluding hydrogens is 450 g/mol. The van der Waals surface area contributed by atoms with Gasteiger partial charge in [-0.05, 0) is 77.1 Å². The fourth-order valence-corrected chi connectivity index (χ4v) is 8.36. The first-order valence-corrected chi connectivity index (χ1v) is 14.5. The number of aromatic nitrogens is 4. The smallest absolute Gasteiger partial charge is 0.123 e. The van der Waals surface area contributed by atoms with Crippen molar-refractivity contribution in [2.24, 2.45) is 5.92 Å². The molecule has 2 aliphatic carbocycles. The summed E-state index contributed by atoms with van der Waals surface area (Å²) in [5, 5.41) is 7.17. The summed E-state index contributed by atoms with van der Waals surface area (Å²) in [5.74, 6) is 3.80. The number of nitrogens with one attached hydrogen (secondary N) is 4. The molecule has 2 saturated carbocycles. The summed E-state index contributed by atoms with van der Waals surface area (Å²) in [4.78, 5) is 19.7. The van der Waals surface area contributed by atoms with Crippen LogP contribution in [0.2, 0.25) is 0 Å². The van der Waals surface area contributed by atoms with E-state index < -0.39 is 0 Å². The highest BCUT2D eigenvalue weighted by molar-refractivity contribution is 5.25. The van der Waals surface area contributed by atoms with E-state index >= 15 is 0 Å². The van der Waals surface area contributed by atoms with Gasteiger partial charge in [0.05, 0.1) is 36.4 Å². The van der Waals surface area contributed by atoms with E-state index in [9.17, 15) is 0 Å². The minimum absolute atomic E-state index is 0.352. The predicted molar refractivity (Wildman–Crippen MR) is 136 cm³/mol. The summed E-state index contributed by atoms with van der Waals surface area (Å²) < 4.78 is 6.86. The molecule has 0 amide bonds. The highest BCUT2D eigenvalue weighted by Crippen LogP contribution is 2.51. The van der Waals surface area contributed by atoms with Gasteiger partial charge in [-0.1, -0.05) is 6.08 Å². The lowest BCUT2D eigenvalue weighted by Crippen LogP contribution is -2.62. The van der Waals surface area contributed by atoms with Crippen LogP contribution in [0.1, 0.15) is 105 Å². The van der Waals surface area contributed by atoms with Gasteiger partial charge in [0.15, 0.2) is 0 Å². The first kappa shape index (κ1) is 21.9. The molecule has 36 heavy (non-hydrogen) atoms. The van der Waals surface area contributed by atoms with Crippen molar-refractivity contribution < 1.29 is 4.74 Å². The van der Waals surface area contributed by atoms with Crippen LogP contribution in [0.25, 0.3) is 0 Å². The Morgan fingerprint density at radius 2 is 1.53 bits per heavy atom. The number of nitrogens with zero attached hydrogens (tertiary/aromatic N) is 3. The maximum Gasteiger partial charge on any atom is 0.123 e. The minimum atomic E-state index is 0.352. The molecule has 2 aromatic heterocycles.